The van der Waals surface area contributed by atoms with Crippen molar-refractivity contribution in [2.75, 3.05) is 31.5 Å². The molecule has 4 rings (SSSR count). The van der Waals surface area contributed by atoms with Crippen molar-refractivity contribution in [3.63, 3.8) is 0 Å². The van der Waals surface area contributed by atoms with Gasteiger partial charge in [0.15, 0.2) is 0 Å². The number of benzene rings is 2. The topological polar surface area (TPSA) is 152 Å². The van der Waals surface area contributed by atoms with Gasteiger partial charge >= 0.3 is 6.03 Å². The largest absolute Gasteiger partial charge is 0.390 e. The molecule has 0 aliphatic carbocycles. The number of piperidine rings is 1. The summed E-state index contributed by atoms with van der Waals surface area (Å²) in [4.78, 5) is 53.5. The Balaban J connectivity index is 1.31. The number of unbranched alkanes of at least 4 members (excludes halogenated alkanes) is 1. The van der Waals surface area contributed by atoms with Crippen molar-refractivity contribution in [3.8, 4) is 0 Å². The van der Waals surface area contributed by atoms with Crippen LogP contribution in [0.25, 0.3) is 0 Å². The molecule has 0 radical (unpaired) electrons. The molecular formula is C35H50N6O5. The number of likely N-dealkylation sites (tertiary alicyclic amines) is 1. The minimum atomic E-state index is -1.05. The summed E-state index contributed by atoms with van der Waals surface area (Å²) in [5.41, 5.74) is 1.96. The zero-order chi connectivity index (χ0) is 32.7. The van der Waals surface area contributed by atoms with E-state index < -0.39 is 18.2 Å². The molecule has 6 N–H and O–H groups in total. The molecular weight excluding hydrogens is 584 g/mol. The van der Waals surface area contributed by atoms with Crippen molar-refractivity contribution in [1.29, 1.82) is 0 Å². The Morgan fingerprint density at radius 1 is 0.870 bits per heavy atom. The van der Waals surface area contributed by atoms with Crippen LogP contribution in [0.5, 0.6) is 0 Å². The standard InChI is InChI=1S/C35H50N6O5/c1-25-31(42)22-34(45)39-30(14-8-9-17-37-35(46)40-29-12-6-3-7-13-29)21-32(43)36-18-15-28-24-41(23-26-10-4-2-5-11-26)19-16-27(28)20-33(44)38-25/h2-7,10-13,25,27-28,30-31,42H,8-9,14-24H2,1H3,(H,36,43)(H,38,44)(H,39,45)(H2,37,40,46)/t25-,27-,28-,30-,31-/m0/s1. The zero-order valence-corrected chi connectivity index (χ0v) is 26.9. The van der Waals surface area contributed by atoms with Gasteiger partial charge in [0.05, 0.1) is 18.6 Å². The van der Waals surface area contributed by atoms with Crippen molar-refractivity contribution in [3.05, 3.63) is 66.2 Å². The summed E-state index contributed by atoms with van der Waals surface area (Å²) in [6, 6.07) is 18.2. The van der Waals surface area contributed by atoms with Gasteiger partial charge in [-0.1, -0.05) is 48.5 Å². The number of rotatable bonds is 8. The van der Waals surface area contributed by atoms with E-state index in [9.17, 15) is 24.3 Å². The van der Waals surface area contributed by atoms with E-state index in [1.165, 1.54) is 5.56 Å². The fourth-order valence-corrected chi connectivity index (χ4v) is 6.37. The number of fused-ring (bicyclic) bond motifs is 1. The maximum Gasteiger partial charge on any atom is 0.319 e. The van der Waals surface area contributed by atoms with Gasteiger partial charge in [-0.2, -0.15) is 0 Å². The predicted octanol–water partition coefficient (Wildman–Crippen LogP) is 3.16. The van der Waals surface area contributed by atoms with Crippen molar-refractivity contribution < 1.29 is 24.3 Å². The molecule has 11 nitrogen and oxygen atoms in total. The summed E-state index contributed by atoms with van der Waals surface area (Å²) in [6.07, 6.45) is 2.77. The third-order valence-corrected chi connectivity index (χ3v) is 8.96. The van der Waals surface area contributed by atoms with Gasteiger partial charge in [-0.3, -0.25) is 19.3 Å². The second kappa shape index (κ2) is 18.3. The molecule has 0 saturated carbocycles. The van der Waals surface area contributed by atoms with Crippen LogP contribution in [0.3, 0.4) is 0 Å². The SMILES string of the molecule is C[C@@H]1NC(=O)C[C@@H]2CCN(Cc3ccccc3)C[C@@H]2CCNC(=O)C[C@H](CCCCNC(=O)Nc2ccccc2)NC(=O)C[C@@H]1O. The third-order valence-electron chi connectivity index (χ3n) is 8.96. The predicted molar refractivity (Wildman–Crippen MR) is 178 cm³/mol. The lowest BCUT2D eigenvalue weighted by Gasteiger charge is -2.39. The number of carbonyl (C=O) groups excluding carboxylic acids is 4. The summed E-state index contributed by atoms with van der Waals surface area (Å²) in [7, 11) is 0. The van der Waals surface area contributed by atoms with Gasteiger partial charge < -0.3 is 31.7 Å². The van der Waals surface area contributed by atoms with Crippen LogP contribution in [0.1, 0.15) is 63.9 Å². The fraction of sp³-hybridized carbons (Fsp3) is 0.543. The lowest BCUT2D eigenvalue weighted by molar-refractivity contribution is -0.128. The maximum absolute atomic E-state index is 13.0. The van der Waals surface area contributed by atoms with Gasteiger partial charge in [-0.25, -0.2) is 4.79 Å². The van der Waals surface area contributed by atoms with Crippen LogP contribution < -0.4 is 26.6 Å². The molecule has 46 heavy (non-hydrogen) atoms. The Morgan fingerprint density at radius 2 is 1.59 bits per heavy atom. The van der Waals surface area contributed by atoms with E-state index in [0.29, 0.717) is 44.5 Å². The van der Waals surface area contributed by atoms with E-state index in [2.05, 4.69) is 43.6 Å². The molecule has 11 heteroatoms. The molecule has 2 heterocycles. The lowest BCUT2D eigenvalue weighted by atomic mass is 9.80. The molecule has 2 saturated heterocycles. The monoisotopic (exact) mass is 634 g/mol. The average molecular weight is 635 g/mol. The number of hydrogen-bond donors (Lipinski definition) is 6. The summed E-state index contributed by atoms with van der Waals surface area (Å²) in [5.74, 6) is -0.236. The van der Waals surface area contributed by atoms with Crippen LogP contribution in [-0.2, 0) is 20.9 Å². The van der Waals surface area contributed by atoms with Gasteiger partial charge in [0.25, 0.3) is 0 Å². The van der Waals surface area contributed by atoms with Crippen LogP contribution in [-0.4, -0.2) is 78.1 Å². The van der Waals surface area contributed by atoms with Crippen LogP contribution >= 0.6 is 0 Å². The van der Waals surface area contributed by atoms with E-state index in [4.69, 9.17) is 0 Å². The average Bonchev–Trinajstić information content (AvgIpc) is 3.02. The maximum atomic E-state index is 13.0. The fourth-order valence-electron chi connectivity index (χ4n) is 6.37. The smallest absolute Gasteiger partial charge is 0.319 e. The van der Waals surface area contributed by atoms with E-state index in [0.717, 1.165) is 32.5 Å². The highest BCUT2D eigenvalue weighted by molar-refractivity contribution is 5.89. The number of hydrogen-bond acceptors (Lipinski definition) is 6. The lowest BCUT2D eigenvalue weighted by Crippen LogP contribution is -2.48. The Bertz CT molecular complexity index is 1260. The normalized spacial score (nSPS) is 25.3. The number of nitrogens with one attached hydrogen (secondary N) is 5. The van der Waals surface area contributed by atoms with Gasteiger partial charge in [0, 0.05) is 50.7 Å². The summed E-state index contributed by atoms with van der Waals surface area (Å²) >= 11 is 0. The highest BCUT2D eigenvalue weighted by atomic mass is 16.3. The molecule has 0 unspecified atom stereocenters. The quantitative estimate of drug-likeness (QED) is 0.246. The summed E-state index contributed by atoms with van der Waals surface area (Å²) < 4.78 is 0. The molecule has 5 atom stereocenters. The van der Waals surface area contributed by atoms with E-state index >= 15 is 0 Å². The first-order valence-electron chi connectivity index (χ1n) is 16.6. The molecule has 2 fully saturated rings. The molecule has 2 aromatic carbocycles. The first-order valence-corrected chi connectivity index (χ1v) is 16.6. The van der Waals surface area contributed by atoms with Gasteiger partial charge in [-0.15, -0.1) is 0 Å². The number of carbonyl (C=O) groups is 4. The van der Waals surface area contributed by atoms with E-state index in [1.54, 1.807) is 6.92 Å². The minimum Gasteiger partial charge on any atom is -0.390 e. The Kier molecular flexibility index (Phi) is 13.8. The van der Waals surface area contributed by atoms with Crippen LogP contribution in [0.15, 0.2) is 60.7 Å². The Morgan fingerprint density at radius 3 is 2.35 bits per heavy atom. The molecule has 2 aromatic rings. The molecule has 250 valence electrons. The molecule has 2 aliphatic heterocycles. The van der Waals surface area contributed by atoms with Crippen LogP contribution in [0, 0.1) is 11.8 Å². The van der Waals surface area contributed by atoms with Crippen molar-refractivity contribution in [2.24, 2.45) is 11.8 Å². The molecule has 0 aromatic heterocycles. The van der Waals surface area contributed by atoms with E-state index in [-0.39, 0.29) is 48.4 Å². The first kappa shape index (κ1) is 34.9. The minimum absolute atomic E-state index is 0.126. The molecule has 5 amide bonds. The zero-order valence-electron chi connectivity index (χ0n) is 26.9. The summed E-state index contributed by atoms with van der Waals surface area (Å²) in [5, 5.41) is 25.2. The number of aliphatic hydroxyl groups excluding tert-OH is 1. The van der Waals surface area contributed by atoms with E-state index in [1.807, 2.05) is 48.5 Å². The van der Waals surface area contributed by atoms with Gasteiger partial charge in [0.1, 0.15) is 0 Å². The van der Waals surface area contributed by atoms with Gasteiger partial charge in [-0.05, 0) is 75.1 Å². The number of para-hydroxylation sites is 1. The summed E-state index contributed by atoms with van der Waals surface area (Å²) in [6.45, 7) is 5.24. The second-order valence-electron chi connectivity index (χ2n) is 12.7. The highest BCUT2D eigenvalue weighted by Gasteiger charge is 2.32. The van der Waals surface area contributed by atoms with Crippen LogP contribution in [0.2, 0.25) is 0 Å². The Hall–Kier alpha value is -3.96. The second-order valence-corrected chi connectivity index (χ2v) is 12.7. The molecule has 0 bridgehead atoms. The Labute approximate surface area is 272 Å². The van der Waals surface area contributed by atoms with Crippen molar-refractivity contribution >= 4 is 29.4 Å². The number of urea groups is 1. The van der Waals surface area contributed by atoms with Gasteiger partial charge in [0.2, 0.25) is 17.7 Å². The number of amides is 5. The van der Waals surface area contributed by atoms with Crippen LogP contribution in [0.4, 0.5) is 10.5 Å². The highest BCUT2D eigenvalue weighted by Crippen LogP contribution is 2.30. The number of nitrogens with zero attached hydrogens (tertiary/aromatic N) is 1. The first-order chi connectivity index (χ1) is 22.2. The number of anilines is 1. The van der Waals surface area contributed by atoms with Crippen molar-refractivity contribution in [1.82, 2.24) is 26.2 Å². The molecule has 0 spiro atoms. The molecule has 2 aliphatic rings. The number of aliphatic hydroxyl groups is 1. The third kappa shape index (κ3) is 12.1. The van der Waals surface area contributed by atoms with Crippen molar-refractivity contribution in [2.45, 2.75) is 83.0 Å².